The summed E-state index contributed by atoms with van der Waals surface area (Å²) in [6.07, 6.45) is 0.101. The van der Waals surface area contributed by atoms with Crippen molar-refractivity contribution in [2.45, 2.75) is 12.5 Å². The molecular formula is C14H12ClIO. The van der Waals surface area contributed by atoms with Gasteiger partial charge in [0.2, 0.25) is 0 Å². The van der Waals surface area contributed by atoms with Crippen LogP contribution < -0.4 is 0 Å². The summed E-state index contributed by atoms with van der Waals surface area (Å²) in [5, 5.41) is 10.8. The van der Waals surface area contributed by atoms with Gasteiger partial charge in [-0.05, 0) is 58.0 Å². The van der Waals surface area contributed by atoms with Crippen molar-refractivity contribution in [3.8, 4) is 0 Å². The van der Waals surface area contributed by atoms with E-state index in [1.54, 1.807) is 0 Å². The van der Waals surface area contributed by atoms with Crippen LogP contribution in [0.2, 0.25) is 5.02 Å². The van der Waals surface area contributed by atoms with Crippen molar-refractivity contribution in [2.24, 2.45) is 0 Å². The summed E-state index contributed by atoms with van der Waals surface area (Å²) in [7, 11) is 0. The summed E-state index contributed by atoms with van der Waals surface area (Å²) in [5.41, 5.74) is 1.99. The van der Waals surface area contributed by atoms with Gasteiger partial charge in [-0.1, -0.05) is 35.9 Å². The minimum Gasteiger partial charge on any atom is -0.388 e. The second-order valence-electron chi connectivity index (χ2n) is 3.90. The molecule has 2 aromatic carbocycles. The molecule has 1 atom stereocenters. The Bertz CT molecular complexity index is 513. The van der Waals surface area contributed by atoms with Crippen LogP contribution in [-0.4, -0.2) is 5.11 Å². The molecule has 1 N–H and O–H groups in total. The van der Waals surface area contributed by atoms with Crippen LogP contribution >= 0.6 is 34.2 Å². The largest absolute Gasteiger partial charge is 0.388 e. The third-order valence-electron chi connectivity index (χ3n) is 2.55. The topological polar surface area (TPSA) is 20.2 Å². The monoisotopic (exact) mass is 358 g/mol. The lowest BCUT2D eigenvalue weighted by Gasteiger charge is -2.11. The molecular weight excluding hydrogens is 347 g/mol. The number of aliphatic hydroxyl groups is 1. The molecule has 0 heterocycles. The maximum absolute atomic E-state index is 10.1. The molecule has 0 aromatic heterocycles. The number of hydrogen-bond acceptors (Lipinski definition) is 1. The highest BCUT2D eigenvalue weighted by molar-refractivity contribution is 14.1. The fourth-order valence-electron chi connectivity index (χ4n) is 1.72. The van der Waals surface area contributed by atoms with E-state index in [0.717, 1.165) is 14.7 Å². The summed E-state index contributed by atoms with van der Waals surface area (Å²) in [6.45, 7) is 0. The number of hydrogen-bond donors (Lipinski definition) is 1. The van der Waals surface area contributed by atoms with Gasteiger partial charge in [-0.2, -0.15) is 0 Å². The lowest BCUT2D eigenvalue weighted by molar-refractivity contribution is 0.178. The summed E-state index contributed by atoms with van der Waals surface area (Å²) in [4.78, 5) is 0. The Morgan fingerprint density at radius 3 is 2.59 bits per heavy atom. The van der Waals surface area contributed by atoms with Crippen molar-refractivity contribution in [1.82, 2.24) is 0 Å². The molecule has 1 unspecified atom stereocenters. The van der Waals surface area contributed by atoms with E-state index in [-0.39, 0.29) is 0 Å². The Hall–Kier alpha value is -0.580. The predicted octanol–water partition coefficient (Wildman–Crippen LogP) is 4.22. The summed E-state index contributed by atoms with van der Waals surface area (Å²) in [5.74, 6) is 0. The van der Waals surface area contributed by atoms with E-state index < -0.39 is 6.10 Å². The molecule has 17 heavy (non-hydrogen) atoms. The predicted molar refractivity (Wildman–Crippen MR) is 79.3 cm³/mol. The van der Waals surface area contributed by atoms with Crippen LogP contribution in [0, 0.1) is 3.57 Å². The van der Waals surface area contributed by atoms with Crippen molar-refractivity contribution in [3.63, 3.8) is 0 Å². The van der Waals surface area contributed by atoms with Crippen LogP contribution in [0.1, 0.15) is 17.2 Å². The van der Waals surface area contributed by atoms with Crippen LogP contribution in [0.5, 0.6) is 0 Å². The van der Waals surface area contributed by atoms with E-state index in [2.05, 4.69) is 22.6 Å². The molecule has 0 amide bonds. The van der Waals surface area contributed by atoms with E-state index in [9.17, 15) is 5.11 Å². The minimum absolute atomic E-state index is 0.483. The van der Waals surface area contributed by atoms with Crippen molar-refractivity contribution in [1.29, 1.82) is 0 Å². The smallest absolute Gasteiger partial charge is 0.0830 e. The van der Waals surface area contributed by atoms with Gasteiger partial charge in [0.05, 0.1) is 6.10 Å². The quantitative estimate of drug-likeness (QED) is 0.815. The second-order valence-corrected chi connectivity index (χ2v) is 5.59. The zero-order chi connectivity index (χ0) is 12.3. The summed E-state index contributed by atoms with van der Waals surface area (Å²) < 4.78 is 1.13. The van der Waals surface area contributed by atoms with E-state index >= 15 is 0 Å². The fraction of sp³-hybridized carbons (Fsp3) is 0.143. The third kappa shape index (κ3) is 3.69. The Morgan fingerprint density at radius 1 is 1.12 bits per heavy atom. The van der Waals surface area contributed by atoms with Crippen LogP contribution in [-0.2, 0) is 6.42 Å². The molecule has 1 nitrogen and oxygen atoms in total. The van der Waals surface area contributed by atoms with E-state index in [0.29, 0.717) is 11.4 Å². The Labute approximate surface area is 120 Å². The number of halogens is 2. The second kappa shape index (κ2) is 5.85. The molecule has 0 saturated heterocycles. The zero-order valence-electron chi connectivity index (χ0n) is 9.11. The molecule has 0 radical (unpaired) electrons. The number of benzene rings is 2. The van der Waals surface area contributed by atoms with Crippen LogP contribution in [0.4, 0.5) is 0 Å². The highest BCUT2D eigenvalue weighted by Gasteiger charge is 2.08. The van der Waals surface area contributed by atoms with Crippen molar-refractivity contribution in [3.05, 3.63) is 68.3 Å². The van der Waals surface area contributed by atoms with E-state index in [1.165, 1.54) is 0 Å². The minimum atomic E-state index is -0.483. The first kappa shape index (κ1) is 12.9. The van der Waals surface area contributed by atoms with E-state index in [4.69, 9.17) is 11.6 Å². The molecule has 0 spiro atoms. The molecule has 0 saturated carbocycles. The summed E-state index contributed by atoms with van der Waals surface area (Å²) in [6, 6.07) is 15.5. The standard InChI is InChI=1S/C14H12ClIO/c15-12-5-1-3-10(7-12)8-14(17)11-4-2-6-13(16)9-11/h1-7,9,14,17H,8H2. The summed E-state index contributed by atoms with van der Waals surface area (Å²) >= 11 is 8.16. The SMILES string of the molecule is OC(Cc1cccc(Cl)c1)c1cccc(I)c1. The maximum Gasteiger partial charge on any atom is 0.0830 e. The molecule has 0 aliphatic rings. The molecule has 0 bridgehead atoms. The van der Waals surface area contributed by atoms with Gasteiger partial charge in [0.25, 0.3) is 0 Å². The lowest BCUT2D eigenvalue weighted by Crippen LogP contribution is -2.01. The average molecular weight is 359 g/mol. The number of rotatable bonds is 3. The van der Waals surface area contributed by atoms with Gasteiger partial charge in [0, 0.05) is 15.0 Å². The van der Waals surface area contributed by atoms with Gasteiger partial charge >= 0.3 is 0 Å². The average Bonchev–Trinajstić information content (AvgIpc) is 2.29. The van der Waals surface area contributed by atoms with Crippen molar-refractivity contribution < 1.29 is 5.11 Å². The van der Waals surface area contributed by atoms with Crippen LogP contribution in [0.25, 0.3) is 0 Å². The highest BCUT2D eigenvalue weighted by Crippen LogP contribution is 2.21. The van der Waals surface area contributed by atoms with Crippen molar-refractivity contribution in [2.75, 3.05) is 0 Å². The van der Waals surface area contributed by atoms with Crippen LogP contribution in [0.15, 0.2) is 48.5 Å². The Balaban J connectivity index is 2.14. The lowest BCUT2D eigenvalue weighted by atomic mass is 10.0. The van der Waals surface area contributed by atoms with Gasteiger partial charge in [-0.15, -0.1) is 0 Å². The molecule has 0 aliphatic carbocycles. The molecule has 2 rings (SSSR count). The van der Waals surface area contributed by atoms with Gasteiger partial charge in [0.15, 0.2) is 0 Å². The molecule has 3 heteroatoms. The maximum atomic E-state index is 10.1. The first-order valence-corrected chi connectivity index (χ1v) is 6.79. The number of aliphatic hydroxyl groups excluding tert-OH is 1. The Morgan fingerprint density at radius 2 is 1.88 bits per heavy atom. The molecule has 2 aromatic rings. The van der Waals surface area contributed by atoms with Crippen LogP contribution in [0.3, 0.4) is 0 Å². The first-order chi connectivity index (χ1) is 8.15. The third-order valence-corrected chi connectivity index (χ3v) is 3.46. The highest BCUT2D eigenvalue weighted by atomic mass is 127. The molecule has 88 valence electrons. The first-order valence-electron chi connectivity index (χ1n) is 5.33. The molecule has 0 fully saturated rings. The normalized spacial score (nSPS) is 12.4. The fourth-order valence-corrected chi connectivity index (χ4v) is 2.50. The van der Waals surface area contributed by atoms with Crippen molar-refractivity contribution >= 4 is 34.2 Å². The van der Waals surface area contributed by atoms with Gasteiger partial charge < -0.3 is 5.11 Å². The zero-order valence-corrected chi connectivity index (χ0v) is 12.0. The molecule has 0 aliphatic heterocycles. The van der Waals surface area contributed by atoms with E-state index in [1.807, 2.05) is 48.5 Å². The Kier molecular flexibility index (Phi) is 4.42. The van der Waals surface area contributed by atoms with Gasteiger partial charge in [0.1, 0.15) is 0 Å². The van der Waals surface area contributed by atoms with Gasteiger partial charge in [-0.25, -0.2) is 0 Å². The van der Waals surface area contributed by atoms with Gasteiger partial charge in [-0.3, -0.25) is 0 Å².